The van der Waals surface area contributed by atoms with Crippen molar-refractivity contribution < 1.29 is 4.74 Å². The van der Waals surface area contributed by atoms with Gasteiger partial charge in [-0.2, -0.15) is 0 Å². The third-order valence-electron chi connectivity index (χ3n) is 5.60. The standard InChI is InChI=1S/C23H20Cl2N4OS/c1-30-17-5-2-15(3-6-17)18-13-31-23-21(18)22(26-14-27-23)29-10-8-28(9-11-29)16-4-7-19(24)20(25)12-16/h2-7,12-14H,8-11H2,1H3. The number of rotatable bonds is 4. The normalized spacial score (nSPS) is 14.3. The molecule has 5 rings (SSSR count). The Labute approximate surface area is 194 Å². The van der Waals surface area contributed by atoms with Gasteiger partial charge in [-0.25, -0.2) is 9.97 Å². The van der Waals surface area contributed by atoms with E-state index in [0.717, 1.165) is 64.8 Å². The molecule has 0 amide bonds. The smallest absolute Gasteiger partial charge is 0.141 e. The average molecular weight is 471 g/mol. The summed E-state index contributed by atoms with van der Waals surface area (Å²) in [6, 6.07) is 13.9. The number of benzene rings is 2. The van der Waals surface area contributed by atoms with E-state index in [2.05, 4.69) is 37.3 Å². The Morgan fingerprint density at radius 3 is 2.35 bits per heavy atom. The SMILES string of the molecule is COc1ccc(-c2csc3ncnc(N4CCN(c5ccc(Cl)c(Cl)c5)CC4)c23)cc1. The van der Waals surface area contributed by atoms with Crippen molar-refractivity contribution in [1.82, 2.24) is 9.97 Å². The summed E-state index contributed by atoms with van der Waals surface area (Å²) < 4.78 is 5.30. The second-order valence-corrected chi connectivity index (χ2v) is 9.00. The lowest BCUT2D eigenvalue weighted by atomic mass is 10.1. The zero-order valence-corrected chi connectivity index (χ0v) is 19.2. The number of nitrogens with zero attached hydrogens (tertiary/aromatic N) is 4. The molecule has 0 spiro atoms. The summed E-state index contributed by atoms with van der Waals surface area (Å²) in [4.78, 5) is 14.9. The predicted octanol–water partition coefficient (Wildman–Crippen LogP) is 6.00. The maximum atomic E-state index is 6.21. The van der Waals surface area contributed by atoms with Gasteiger partial charge in [0.2, 0.25) is 0 Å². The van der Waals surface area contributed by atoms with Crippen molar-refractivity contribution >= 4 is 56.3 Å². The van der Waals surface area contributed by atoms with E-state index >= 15 is 0 Å². The van der Waals surface area contributed by atoms with Gasteiger partial charge >= 0.3 is 0 Å². The molecule has 8 heteroatoms. The molecule has 0 atom stereocenters. The molecule has 1 fully saturated rings. The number of methoxy groups -OCH3 is 1. The van der Waals surface area contributed by atoms with Crippen LogP contribution in [0.15, 0.2) is 54.2 Å². The first kappa shape index (κ1) is 20.4. The zero-order chi connectivity index (χ0) is 21.4. The summed E-state index contributed by atoms with van der Waals surface area (Å²) in [6.45, 7) is 3.49. The van der Waals surface area contributed by atoms with E-state index in [0.29, 0.717) is 10.0 Å². The fraction of sp³-hybridized carbons (Fsp3) is 0.217. The lowest BCUT2D eigenvalue weighted by Crippen LogP contribution is -2.46. The van der Waals surface area contributed by atoms with Gasteiger partial charge in [-0.3, -0.25) is 0 Å². The number of aromatic nitrogens is 2. The number of piperazine rings is 1. The van der Waals surface area contributed by atoms with E-state index in [-0.39, 0.29) is 0 Å². The first-order valence-electron chi connectivity index (χ1n) is 9.95. The first-order valence-corrected chi connectivity index (χ1v) is 11.6. The maximum absolute atomic E-state index is 6.21. The van der Waals surface area contributed by atoms with Crippen LogP contribution >= 0.6 is 34.5 Å². The number of anilines is 2. The van der Waals surface area contributed by atoms with Crippen LogP contribution in [0.4, 0.5) is 11.5 Å². The van der Waals surface area contributed by atoms with Crippen LogP contribution in [0.5, 0.6) is 5.75 Å². The van der Waals surface area contributed by atoms with Crippen LogP contribution in [-0.2, 0) is 0 Å². The monoisotopic (exact) mass is 470 g/mol. The molecule has 4 aromatic rings. The van der Waals surface area contributed by atoms with Crippen molar-refractivity contribution in [1.29, 1.82) is 0 Å². The maximum Gasteiger partial charge on any atom is 0.141 e. The van der Waals surface area contributed by atoms with Crippen LogP contribution in [0.2, 0.25) is 10.0 Å². The van der Waals surface area contributed by atoms with Crippen molar-refractivity contribution in [3.63, 3.8) is 0 Å². The van der Waals surface area contributed by atoms with Crippen LogP contribution < -0.4 is 14.5 Å². The average Bonchev–Trinajstić information content (AvgIpc) is 3.25. The molecular weight excluding hydrogens is 451 g/mol. The highest BCUT2D eigenvalue weighted by molar-refractivity contribution is 7.17. The molecular formula is C23H20Cl2N4OS. The van der Waals surface area contributed by atoms with Gasteiger partial charge in [-0.05, 0) is 35.9 Å². The van der Waals surface area contributed by atoms with Crippen LogP contribution in [0.1, 0.15) is 0 Å². The Morgan fingerprint density at radius 2 is 1.65 bits per heavy atom. The van der Waals surface area contributed by atoms with Crippen LogP contribution in [-0.4, -0.2) is 43.3 Å². The molecule has 1 aliphatic heterocycles. The summed E-state index contributed by atoms with van der Waals surface area (Å²) in [5.74, 6) is 1.84. The summed E-state index contributed by atoms with van der Waals surface area (Å²) in [5.41, 5.74) is 3.39. The highest BCUT2D eigenvalue weighted by Crippen LogP contribution is 2.38. The van der Waals surface area contributed by atoms with E-state index < -0.39 is 0 Å². The Bertz CT molecular complexity index is 1220. The molecule has 0 radical (unpaired) electrons. The molecule has 0 bridgehead atoms. The van der Waals surface area contributed by atoms with E-state index in [1.165, 1.54) is 0 Å². The van der Waals surface area contributed by atoms with Crippen molar-refractivity contribution in [2.45, 2.75) is 0 Å². The molecule has 1 saturated heterocycles. The van der Waals surface area contributed by atoms with Crippen LogP contribution in [0.3, 0.4) is 0 Å². The quantitative estimate of drug-likeness (QED) is 0.365. The molecule has 0 N–H and O–H groups in total. The third-order valence-corrected chi connectivity index (χ3v) is 7.22. The highest BCUT2D eigenvalue weighted by Gasteiger charge is 2.23. The number of fused-ring (bicyclic) bond motifs is 1. The molecule has 5 nitrogen and oxygen atoms in total. The topological polar surface area (TPSA) is 41.5 Å². The Morgan fingerprint density at radius 1 is 0.903 bits per heavy atom. The molecule has 0 unspecified atom stereocenters. The van der Waals surface area contributed by atoms with E-state index in [1.807, 2.05) is 30.3 Å². The van der Waals surface area contributed by atoms with Gasteiger partial charge in [0, 0.05) is 42.8 Å². The van der Waals surface area contributed by atoms with E-state index in [1.54, 1.807) is 24.8 Å². The van der Waals surface area contributed by atoms with Gasteiger partial charge in [0.1, 0.15) is 22.7 Å². The van der Waals surface area contributed by atoms with Crippen LogP contribution in [0, 0.1) is 0 Å². The summed E-state index contributed by atoms with van der Waals surface area (Å²) >= 11 is 13.9. The number of hydrogen-bond donors (Lipinski definition) is 0. The molecule has 31 heavy (non-hydrogen) atoms. The minimum absolute atomic E-state index is 0.580. The van der Waals surface area contributed by atoms with E-state index in [9.17, 15) is 0 Å². The van der Waals surface area contributed by atoms with Crippen molar-refractivity contribution in [3.05, 3.63) is 64.2 Å². The second-order valence-electron chi connectivity index (χ2n) is 7.33. The number of ether oxygens (including phenoxy) is 1. The molecule has 2 aromatic carbocycles. The predicted molar refractivity (Wildman–Crippen MR) is 130 cm³/mol. The lowest BCUT2D eigenvalue weighted by molar-refractivity contribution is 0.415. The van der Waals surface area contributed by atoms with Crippen molar-refractivity contribution in [2.75, 3.05) is 43.1 Å². The molecule has 2 aromatic heterocycles. The zero-order valence-electron chi connectivity index (χ0n) is 16.9. The van der Waals surface area contributed by atoms with Gasteiger partial charge in [-0.15, -0.1) is 11.3 Å². The van der Waals surface area contributed by atoms with E-state index in [4.69, 9.17) is 27.9 Å². The summed E-state index contributed by atoms with van der Waals surface area (Å²) in [5, 5.41) is 4.44. The minimum atomic E-state index is 0.580. The second kappa shape index (κ2) is 8.54. The van der Waals surface area contributed by atoms with Gasteiger partial charge in [-0.1, -0.05) is 35.3 Å². The third kappa shape index (κ3) is 3.91. The largest absolute Gasteiger partial charge is 0.497 e. The Kier molecular flexibility index (Phi) is 5.61. The fourth-order valence-electron chi connectivity index (χ4n) is 3.94. The van der Waals surface area contributed by atoms with Crippen molar-refractivity contribution in [3.8, 4) is 16.9 Å². The van der Waals surface area contributed by atoms with Gasteiger partial charge in [0.25, 0.3) is 0 Å². The lowest BCUT2D eigenvalue weighted by Gasteiger charge is -2.37. The fourth-order valence-corrected chi connectivity index (χ4v) is 5.14. The molecule has 0 saturated carbocycles. The van der Waals surface area contributed by atoms with Crippen molar-refractivity contribution in [2.24, 2.45) is 0 Å². The Hall–Kier alpha value is -2.54. The van der Waals surface area contributed by atoms with Gasteiger partial charge in [0.05, 0.1) is 22.5 Å². The molecule has 3 heterocycles. The number of halogens is 2. The number of hydrogen-bond acceptors (Lipinski definition) is 6. The first-order chi connectivity index (χ1) is 15.1. The summed E-state index contributed by atoms with van der Waals surface area (Å²) in [6.07, 6.45) is 1.66. The molecule has 1 aliphatic rings. The number of thiophene rings is 1. The highest BCUT2D eigenvalue weighted by atomic mass is 35.5. The minimum Gasteiger partial charge on any atom is -0.497 e. The van der Waals surface area contributed by atoms with Gasteiger partial charge in [0.15, 0.2) is 0 Å². The molecule has 158 valence electrons. The summed E-state index contributed by atoms with van der Waals surface area (Å²) in [7, 11) is 1.68. The van der Waals surface area contributed by atoms with Gasteiger partial charge < -0.3 is 14.5 Å². The van der Waals surface area contributed by atoms with Crippen LogP contribution in [0.25, 0.3) is 21.3 Å². The Balaban J connectivity index is 1.43. The molecule has 0 aliphatic carbocycles.